The van der Waals surface area contributed by atoms with Crippen LogP contribution in [0.25, 0.3) is 0 Å². The topological polar surface area (TPSA) is 66.5 Å². The van der Waals surface area contributed by atoms with Gasteiger partial charge in [-0.3, -0.25) is 19.3 Å². The van der Waals surface area contributed by atoms with E-state index in [2.05, 4.69) is 37.2 Å². The zero-order valence-electron chi connectivity index (χ0n) is 17.1. The summed E-state index contributed by atoms with van der Waals surface area (Å²) in [5.41, 5.74) is 3.90. The average Bonchev–Trinajstić information content (AvgIpc) is 3.32. The number of amides is 3. The van der Waals surface area contributed by atoms with E-state index in [4.69, 9.17) is 0 Å². The highest BCUT2D eigenvalue weighted by Gasteiger charge is 2.66. The SMILES string of the molecule is Cc1cc(C)cc(NC(=O)c2ccc(N3C(=O)[C@@H]4[C@H]5C[C@@H]([C@H](Br)[C@H]5Br)[C@@H]4C3=O)cc2)c1. The first kappa shape index (κ1) is 20.9. The molecule has 1 N–H and O–H groups in total. The minimum absolute atomic E-state index is 0.112. The van der Waals surface area contributed by atoms with E-state index in [-0.39, 0.29) is 51.0 Å². The van der Waals surface area contributed by atoms with Crippen LogP contribution in [0.2, 0.25) is 0 Å². The Labute approximate surface area is 197 Å². The molecule has 1 heterocycles. The molecule has 3 amide bonds. The van der Waals surface area contributed by atoms with Crippen molar-refractivity contribution in [3.8, 4) is 0 Å². The predicted octanol–water partition coefficient (Wildman–Crippen LogP) is 4.84. The number of carbonyl (C=O) groups excluding carboxylic acids is 3. The van der Waals surface area contributed by atoms with Crippen molar-refractivity contribution >= 4 is 61.0 Å². The van der Waals surface area contributed by atoms with Crippen molar-refractivity contribution < 1.29 is 14.4 Å². The summed E-state index contributed by atoms with van der Waals surface area (Å²) in [6, 6.07) is 12.6. The Morgan fingerprint density at radius 3 is 1.94 bits per heavy atom. The number of rotatable bonds is 3. The van der Waals surface area contributed by atoms with E-state index in [0.717, 1.165) is 23.2 Å². The Kier molecular flexibility index (Phi) is 5.09. The maximum atomic E-state index is 13.2. The standard InChI is InChI=1S/C24H22Br2N2O3/c1-11-7-12(2)9-14(8-11)27-22(29)13-3-5-15(6-4-13)28-23(30)18-16-10-17(19(18)24(28)31)21(26)20(16)25/h3-9,16-21H,10H2,1-2H3,(H,27,29)/t16-,17-,18-,19+,20+,21+/m1/s1. The summed E-state index contributed by atoms with van der Waals surface area (Å²) in [5, 5.41) is 2.91. The van der Waals surface area contributed by atoms with Crippen LogP contribution >= 0.6 is 31.9 Å². The Morgan fingerprint density at radius 2 is 1.42 bits per heavy atom. The molecular formula is C24H22Br2N2O3. The zero-order chi connectivity index (χ0) is 22.0. The molecule has 1 aliphatic heterocycles. The molecule has 0 aromatic heterocycles. The first-order valence-corrected chi connectivity index (χ1v) is 12.2. The first-order valence-electron chi connectivity index (χ1n) is 10.4. The van der Waals surface area contributed by atoms with Gasteiger partial charge in [-0.25, -0.2) is 0 Å². The number of hydrogen-bond acceptors (Lipinski definition) is 3. The molecule has 2 bridgehead atoms. The van der Waals surface area contributed by atoms with Crippen LogP contribution in [0.1, 0.15) is 27.9 Å². The molecule has 2 aliphatic carbocycles. The van der Waals surface area contributed by atoms with Crippen molar-refractivity contribution in [2.75, 3.05) is 10.2 Å². The molecule has 0 radical (unpaired) electrons. The third kappa shape index (κ3) is 3.28. The molecule has 2 saturated carbocycles. The third-order valence-electron chi connectivity index (χ3n) is 6.85. The van der Waals surface area contributed by atoms with Gasteiger partial charge < -0.3 is 5.32 Å². The highest BCUT2D eigenvalue weighted by molar-refractivity contribution is 9.12. The van der Waals surface area contributed by atoms with Crippen molar-refractivity contribution in [2.45, 2.75) is 29.9 Å². The Balaban J connectivity index is 1.35. The second-order valence-corrected chi connectivity index (χ2v) is 11.0. The van der Waals surface area contributed by atoms with Gasteiger partial charge in [-0.05, 0) is 79.6 Å². The van der Waals surface area contributed by atoms with E-state index in [1.54, 1.807) is 24.3 Å². The number of nitrogens with zero attached hydrogens (tertiary/aromatic N) is 1. The van der Waals surface area contributed by atoms with E-state index >= 15 is 0 Å². The highest BCUT2D eigenvalue weighted by Crippen LogP contribution is 2.60. The lowest BCUT2D eigenvalue weighted by atomic mass is 9.81. The lowest BCUT2D eigenvalue weighted by Crippen LogP contribution is -2.37. The van der Waals surface area contributed by atoms with Crippen molar-refractivity contribution in [1.82, 2.24) is 0 Å². The van der Waals surface area contributed by atoms with E-state index in [9.17, 15) is 14.4 Å². The van der Waals surface area contributed by atoms with Crippen LogP contribution in [0.4, 0.5) is 11.4 Å². The van der Waals surface area contributed by atoms with E-state index < -0.39 is 0 Å². The summed E-state index contributed by atoms with van der Waals surface area (Å²) in [5.74, 6) is -0.578. The van der Waals surface area contributed by atoms with Crippen LogP contribution in [0.3, 0.4) is 0 Å². The summed E-state index contributed by atoms with van der Waals surface area (Å²) in [4.78, 5) is 40.7. The van der Waals surface area contributed by atoms with E-state index in [1.807, 2.05) is 32.0 Å². The largest absolute Gasteiger partial charge is 0.322 e. The molecule has 3 aliphatic rings. The third-order valence-corrected chi connectivity index (χ3v) is 10.1. The van der Waals surface area contributed by atoms with Gasteiger partial charge in [0.05, 0.1) is 17.5 Å². The monoisotopic (exact) mass is 544 g/mol. The van der Waals surface area contributed by atoms with Crippen molar-refractivity contribution in [3.63, 3.8) is 0 Å². The molecule has 2 aromatic rings. The average molecular weight is 546 g/mol. The summed E-state index contributed by atoms with van der Waals surface area (Å²) in [7, 11) is 0. The van der Waals surface area contributed by atoms with Crippen LogP contribution < -0.4 is 10.2 Å². The Morgan fingerprint density at radius 1 is 0.903 bits per heavy atom. The first-order chi connectivity index (χ1) is 14.8. The molecule has 3 fully saturated rings. The van der Waals surface area contributed by atoms with Crippen LogP contribution in [0.5, 0.6) is 0 Å². The van der Waals surface area contributed by atoms with Gasteiger partial charge in [0.1, 0.15) is 0 Å². The highest BCUT2D eigenvalue weighted by atomic mass is 79.9. The summed E-state index contributed by atoms with van der Waals surface area (Å²) >= 11 is 7.42. The molecule has 7 heteroatoms. The van der Waals surface area contributed by atoms with Crippen LogP contribution in [0.15, 0.2) is 42.5 Å². The number of carbonyl (C=O) groups is 3. The number of hydrogen-bond donors (Lipinski definition) is 1. The minimum atomic E-state index is -0.247. The van der Waals surface area contributed by atoms with Crippen molar-refractivity contribution in [1.29, 1.82) is 0 Å². The molecule has 6 atom stereocenters. The number of aryl methyl sites for hydroxylation is 2. The maximum Gasteiger partial charge on any atom is 0.255 e. The fourth-order valence-corrected chi connectivity index (χ4v) is 7.49. The molecule has 5 rings (SSSR count). The minimum Gasteiger partial charge on any atom is -0.322 e. The van der Waals surface area contributed by atoms with Crippen LogP contribution in [-0.2, 0) is 9.59 Å². The van der Waals surface area contributed by atoms with Gasteiger partial charge in [-0.2, -0.15) is 0 Å². The van der Waals surface area contributed by atoms with Gasteiger partial charge in [0.25, 0.3) is 5.91 Å². The van der Waals surface area contributed by atoms with Gasteiger partial charge in [0.15, 0.2) is 0 Å². The zero-order valence-corrected chi connectivity index (χ0v) is 20.3. The smallest absolute Gasteiger partial charge is 0.255 e. The number of imide groups is 1. The maximum absolute atomic E-state index is 13.2. The molecule has 160 valence electrons. The van der Waals surface area contributed by atoms with Gasteiger partial charge in [0.2, 0.25) is 11.8 Å². The number of nitrogens with one attached hydrogen (secondary N) is 1. The van der Waals surface area contributed by atoms with Gasteiger partial charge in [-0.1, -0.05) is 37.9 Å². The molecule has 0 unspecified atom stereocenters. The summed E-state index contributed by atoms with van der Waals surface area (Å²) < 4.78 is 0. The Bertz CT molecular complexity index is 1050. The van der Waals surface area contributed by atoms with Crippen molar-refractivity contribution in [3.05, 3.63) is 59.2 Å². The number of alkyl halides is 2. The second-order valence-electron chi connectivity index (χ2n) is 8.89. The molecule has 0 spiro atoms. The molecular weight excluding hydrogens is 524 g/mol. The lowest BCUT2D eigenvalue weighted by molar-refractivity contribution is -0.123. The van der Waals surface area contributed by atoms with E-state index in [0.29, 0.717) is 11.3 Å². The normalized spacial score (nSPS) is 31.3. The lowest BCUT2D eigenvalue weighted by Gasteiger charge is -2.28. The number of anilines is 2. The second kappa shape index (κ2) is 7.55. The summed E-state index contributed by atoms with van der Waals surface area (Å²) in [6.07, 6.45) is 0.907. The van der Waals surface area contributed by atoms with Gasteiger partial charge >= 0.3 is 0 Å². The molecule has 31 heavy (non-hydrogen) atoms. The number of benzene rings is 2. The molecule has 5 nitrogen and oxygen atoms in total. The molecule has 1 saturated heterocycles. The number of halogens is 2. The van der Waals surface area contributed by atoms with Gasteiger partial charge in [-0.15, -0.1) is 0 Å². The van der Waals surface area contributed by atoms with Crippen LogP contribution in [0, 0.1) is 37.5 Å². The predicted molar refractivity (Wildman–Crippen MR) is 127 cm³/mol. The van der Waals surface area contributed by atoms with Crippen molar-refractivity contribution in [2.24, 2.45) is 23.7 Å². The summed E-state index contributed by atoms with van der Waals surface area (Å²) in [6.45, 7) is 3.97. The fraction of sp³-hybridized carbons (Fsp3) is 0.375. The number of fused-ring (bicyclic) bond motifs is 5. The van der Waals surface area contributed by atoms with Gasteiger partial charge in [0, 0.05) is 20.9 Å². The quantitative estimate of drug-likeness (QED) is 0.443. The van der Waals surface area contributed by atoms with Crippen LogP contribution in [-0.4, -0.2) is 27.4 Å². The van der Waals surface area contributed by atoms with E-state index in [1.165, 1.54) is 4.90 Å². The Hall–Kier alpha value is -1.99. The molecule has 2 aromatic carbocycles. The fourth-order valence-electron chi connectivity index (χ4n) is 5.62.